The first-order chi connectivity index (χ1) is 15.6. The van der Waals surface area contributed by atoms with Crippen molar-refractivity contribution >= 4 is 22.4 Å². The van der Waals surface area contributed by atoms with Crippen LogP contribution in [0.2, 0.25) is 0 Å². The van der Waals surface area contributed by atoms with Gasteiger partial charge in [0.2, 0.25) is 0 Å². The van der Waals surface area contributed by atoms with Gasteiger partial charge in [0.05, 0.1) is 45.4 Å². The lowest BCUT2D eigenvalue weighted by molar-refractivity contribution is 0.806. The summed E-state index contributed by atoms with van der Waals surface area (Å²) in [6.07, 6.45) is 3.58. The molecular weight excluding hydrogens is 394 g/mol. The van der Waals surface area contributed by atoms with Gasteiger partial charge >= 0.3 is 0 Å². The molecule has 5 rings (SSSR count). The van der Waals surface area contributed by atoms with Crippen molar-refractivity contribution in [1.29, 1.82) is 0 Å². The van der Waals surface area contributed by atoms with Crippen LogP contribution in [-0.2, 0) is 0 Å². The molecule has 1 aliphatic carbocycles. The first-order valence-electron chi connectivity index (χ1n) is 10.8. The number of para-hydroxylation sites is 2. The van der Waals surface area contributed by atoms with Crippen molar-refractivity contribution in [2.75, 3.05) is 5.32 Å². The third-order valence-electron chi connectivity index (χ3n) is 5.33. The van der Waals surface area contributed by atoms with Gasteiger partial charge in [-0.15, -0.1) is 0 Å². The van der Waals surface area contributed by atoms with Gasteiger partial charge in [0, 0.05) is 17.9 Å². The molecule has 5 nitrogen and oxygen atoms in total. The Morgan fingerprint density at radius 3 is 2.50 bits per heavy atom. The molecule has 0 spiro atoms. The minimum Gasteiger partial charge on any atom is -0.352 e. The number of benzene rings is 3. The molecule has 0 atom stereocenters. The highest BCUT2D eigenvalue weighted by Crippen LogP contribution is 2.30. The van der Waals surface area contributed by atoms with Gasteiger partial charge in [-0.3, -0.25) is 9.98 Å². The van der Waals surface area contributed by atoms with E-state index in [0.717, 1.165) is 44.8 Å². The fraction of sp³-hybridized carbons (Fsp3) is 0.148. The van der Waals surface area contributed by atoms with Crippen LogP contribution in [0.1, 0.15) is 19.4 Å². The van der Waals surface area contributed by atoms with Crippen molar-refractivity contribution in [3.63, 3.8) is 0 Å². The fourth-order valence-electron chi connectivity index (χ4n) is 3.89. The molecule has 1 aromatic heterocycles. The molecule has 0 radical (unpaired) electrons. The van der Waals surface area contributed by atoms with Crippen LogP contribution in [-0.4, -0.2) is 20.6 Å². The first-order valence-corrected chi connectivity index (χ1v) is 10.8. The summed E-state index contributed by atoms with van der Waals surface area (Å²) >= 11 is 0. The second-order valence-corrected chi connectivity index (χ2v) is 8.22. The number of hydrogen-bond acceptors (Lipinski definition) is 4. The smallest absolute Gasteiger partial charge is 0.0900 e. The van der Waals surface area contributed by atoms with Crippen LogP contribution < -0.4 is 10.7 Å². The summed E-state index contributed by atoms with van der Waals surface area (Å²) in [6.45, 7) is 6.28. The van der Waals surface area contributed by atoms with Crippen LogP contribution in [0.25, 0.3) is 28.1 Å². The van der Waals surface area contributed by atoms with E-state index in [-0.39, 0.29) is 6.04 Å². The maximum absolute atomic E-state index is 4.99. The quantitative estimate of drug-likeness (QED) is 0.370. The molecule has 2 heterocycles. The monoisotopic (exact) mass is 419 g/mol. The molecule has 0 amide bonds. The third kappa shape index (κ3) is 3.85. The fourth-order valence-corrected chi connectivity index (χ4v) is 3.89. The zero-order valence-electron chi connectivity index (χ0n) is 18.4. The van der Waals surface area contributed by atoms with Gasteiger partial charge in [-0.1, -0.05) is 29.8 Å². The average Bonchev–Trinajstić information content (AvgIpc) is 2.79. The van der Waals surface area contributed by atoms with E-state index in [1.165, 1.54) is 5.56 Å². The number of aryl methyl sites for hydroxylation is 1. The van der Waals surface area contributed by atoms with Gasteiger partial charge in [0.1, 0.15) is 0 Å². The Morgan fingerprint density at radius 1 is 0.938 bits per heavy atom. The van der Waals surface area contributed by atoms with E-state index in [1.54, 1.807) is 6.20 Å². The number of nitrogens with one attached hydrogen (secondary N) is 1. The van der Waals surface area contributed by atoms with Crippen molar-refractivity contribution in [2.24, 2.45) is 4.99 Å². The molecule has 0 unspecified atom stereocenters. The molecular formula is C27H25N5. The lowest BCUT2D eigenvalue weighted by Gasteiger charge is -2.20. The summed E-state index contributed by atoms with van der Waals surface area (Å²) in [7, 11) is 0. The highest BCUT2D eigenvalue weighted by Gasteiger charge is 2.16. The largest absolute Gasteiger partial charge is 0.352 e. The lowest BCUT2D eigenvalue weighted by atomic mass is 10.1. The van der Waals surface area contributed by atoms with Gasteiger partial charge in [0.25, 0.3) is 0 Å². The molecule has 2 aromatic carbocycles. The second kappa shape index (κ2) is 8.27. The van der Waals surface area contributed by atoms with Gasteiger partial charge in [-0.2, -0.15) is 0 Å². The predicted molar refractivity (Wildman–Crippen MR) is 131 cm³/mol. The summed E-state index contributed by atoms with van der Waals surface area (Å²) in [5.74, 6) is 0. The summed E-state index contributed by atoms with van der Waals surface area (Å²) in [4.78, 5) is 14.1. The molecule has 32 heavy (non-hydrogen) atoms. The minimum atomic E-state index is 0.156. The molecule has 5 heteroatoms. The molecule has 0 fully saturated rings. The van der Waals surface area contributed by atoms with E-state index in [4.69, 9.17) is 9.98 Å². The summed E-state index contributed by atoms with van der Waals surface area (Å²) in [5, 5.41) is 4.38. The van der Waals surface area contributed by atoms with Crippen molar-refractivity contribution in [1.82, 2.24) is 14.5 Å². The molecule has 0 saturated heterocycles. The van der Waals surface area contributed by atoms with Crippen LogP contribution in [0.3, 0.4) is 0 Å². The Morgan fingerprint density at radius 2 is 1.75 bits per heavy atom. The molecule has 0 saturated carbocycles. The number of pyridine rings is 1. The molecule has 0 bridgehead atoms. The van der Waals surface area contributed by atoms with Gasteiger partial charge < -0.3 is 9.88 Å². The first kappa shape index (κ1) is 19.9. The Hall–Kier alpha value is -3.99. The van der Waals surface area contributed by atoms with Crippen LogP contribution in [0.4, 0.5) is 11.4 Å². The highest BCUT2D eigenvalue weighted by molar-refractivity contribution is 5.84. The SMILES string of the molecule is Cc1ccc(-n2c3c/c(=N\C(C)C)c(Nc4cccnc4)cc-3nc3ccccc32)cc1. The molecule has 2 aliphatic rings. The maximum Gasteiger partial charge on any atom is 0.0900 e. The van der Waals surface area contributed by atoms with Crippen LogP contribution >= 0.6 is 0 Å². The van der Waals surface area contributed by atoms with Gasteiger partial charge in [0.15, 0.2) is 0 Å². The summed E-state index contributed by atoms with van der Waals surface area (Å²) in [6, 6.07) is 25.1. The van der Waals surface area contributed by atoms with Gasteiger partial charge in [-0.05, 0) is 69.3 Å². The van der Waals surface area contributed by atoms with Crippen LogP contribution in [0, 0.1) is 6.92 Å². The normalized spacial score (nSPS) is 12.1. The van der Waals surface area contributed by atoms with Crippen LogP contribution in [0.15, 0.2) is 90.2 Å². The number of anilines is 2. The van der Waals surface area contributed by atoms with Crippen molar-refractivity contribution in [3.8, 4) is 17.1 Å². The number of nitrogens with zero attached hydrogens (tertiary/aromatic N) is 4. The zero-order valence-corrected chi connectivity index (χ0v) is 18.4. The molecule has 3 aromatic rings. The predicted octanol–water partition coefficient (Wildman–Crippen LogP) is 5.89. The maximum atomic E-state index is 4.99. The zero-order chi connectivity index (χ0) is 22.1. The molecule has 158 valence electrons. The Kier molecular flexibility index (Phi) is 5.15. The van der Waals surface area contributed by atoms with E-state index in [1.807, 2.05) is 24.4 Å². The number of hydrogen-bond donors (Lipinski definition) is 1. The minimum absolute atomic E-state index is 0.156. The summed E-state index contributed by atoms with van der Waals surface area (Å²) < 4.78 is 2.27. The lowest BCUT2D eigenvalue weighted by Crippen LogP contribution is -2.16. The second-order valence-electron chi connectivity index (χ2n) is 8.22. The number of fused-ring (bicyclic) bond motifs is 2. The van der Waals surface area contributed by atoms with Crippen molar-refractivity contribution in [3.05, 3.63) is 96.1 Å². The van der Waals surface area contributed by atoms with Gasteiger partial charge in [-0.25, -0.2) is 4.98 Å². The number of aromatic nitrogens is 3. The van der Waals surface area contributed by atoms with E-state index in [9.17, 15) is 0 Å². The summed E-state index contributed by atoms with van der Waals surface area (Å²) in [5.41, 5.74) is 8.09. The van der Waals surface area contributed by atoms with E-state index in [0.29, 0.717) is 0 Å². The molecule has 1 aliphatic heterocycles. The highest BCUT2D eigenvalue weighted by atomic mass is 15.0. The van der Waals surface area contributed by atoms with E-state index < -0.39 is 0 Å². The third-order valence-corrected chi connectivity index (χ3v) is 5.33. The molecule has 1 N–H and O–H groups in total. The average molecular weight is 420 g/mol. The topological polar surface area (TPSA) is 55.1 Å². The van der Waals surface area contributed by atoms with Crippen molar-refractivity contribution < 1.29 is 0 Å². The van der Waals surface area contributed by atoms with Crippen molar-refractivity contribution in [2.45, 2.75) is 26.8 Å². The Labute approximate surface area is 187 Å². The Bertz CT molecular complexity index is 1420. The number of rotatable bonds is 4. The van der Waals surface area contributed by atoms with Crippen LogP contribution in [0.5, 0.6) is 0 Å². The Balaban J connectivity index is 1.83. The van der Waals surface area contributed by atoms with E-state index >= 15 is 0 Å². The standard InChI is InChI=1S/C27H25N5/c1-18(2)29-24-16-27-25(15-23(24)30-20-7-6-14-28-17-20)31-22-8-4-5-9-26(22)32(27)21-12-10-19(3)11-13-21/h4-18,30H,1-3H3/b29-24+. The van der Waals surface area contributed by atoms with E-state index in [2.05, 4.69) is 90.2 Å².